The van der Waals surface area contributed by atoms with Crippen LogP contribution in [0.15, 0.2) is 52.1 Å². The largest absolute Gasteiger partial charge is 0.467 e. The van der Waals surface area contributed by atoms with Crippen LogP contribution in [0.1, 0.15) is 17.7 Å². The number of benzene rings is 1. The summed E-state index contributed by atoms with van der Waals surface area (Å²) in [4.78, 5) is 6.74. The quantitative estimate of drug-likeness (QED) is 0.382. The number of anilines is 1. The lowest BCUT2D eigenvalue weighted by atomic mass is 10.2. The molecule has 152 valence electrons. The molecule has 0 unspecified atom stereocenters. The van der Waals surface area contributed by atoms with Gasteiger partial charge in [0, 0.05) is 57.0 Å². The summed E-state index contributed by atoms with van der Waals surface area (Å²) in [5.41, 5.74) is 2.57. The lowest BCUT2D eigenvalue weighted by Gasteiger charge is -2.28. The van der Waals surface area contributed by atoms with E-state index in [0.29, 0.717) is 13.2 Å². The molecule has 2 heterocycles. The van der Waals surface area contributed by atoms with Gasteiger partial charge in [-0.25, -0.2) is 0 Å². The molecule has 2 N–H and O–H groups in total. The smallest absolute Gasteiger partial charge is 0.191 e. The van der Waals surface area contributed by atoms with Gasteiger partial charge < -0.3 is 24.7 Å². The van der Waals surface area contributed by atoms with Crippen molar-refractivity contribution in [3.05, 3.63) is 54.0 Å². The van der Waals surface area contributed by atoms with Crippen molar-refractivity contribution in [2.45, 2.75) is 19.6 Å². The van der Waals surface area contributed by atoms with Crippen LogP contribution < -0.4 is 15.5 Å². The van der Waals surface area contributed by atoms with Crippen LogP contribution in [-0.4, -0.2) is 50.8 Å². The summed E-state index contributed by atoms with van der Waals surface area (Å²) in [6.07, 6.45) is 2.57. The van der Waals surface area contributed by atoms with Crippen molar-refractivity contribution in [3.63, 3.8) is 0 Å². The maximum atomic E-state index is 5.58. The maximum absolute atomic E-state index is 5.58. The molecule has 2 aromatic rings. The molecule has 7 heteroatoms. The summed E-state index contributed by atoms with van der Waals surface area (Å²) in [5, 5.41) is 6.69. The van der Waals surface area contributed by atoms with Gasteiger partial charge in [0.1, 0.15) is 12.4 Å². The zero-order valence-electron chi connectivity index (χ0n) is 16.5. The monoisotopic (exact) mass is 402 g/mol. The predicted molar refractivity (Wildman–Crippen MR) is 117 cm³/mol. The Hall–Kier alpha value is -2.12. The van der Waals surface area contributed by atoms with Crippen molar-refractivity contribution >= 4 is 23.4 Å². The van der Waals surface area contributed by atoms with Crippen LogP contribution in [0.3, 0.4) is 0 Å². The van der Waals surface area contributed by atoms with Gasteiger partial charge in [-0.3, -0.25) is 4.99 Å². The molecule has 0 amide bonds. The van der Waals surface area contributed by atoms with Crippen LogP contribution in [0.4, 0.5) is 5.69 Å². The number of aliphatic imine (C=N–C) groups is 1. The lowest BCUT2D eigenvalue weighted by Crippen LogP contribution is -2.37. The highest BCUT2D eigenvalue weighted by molar-refractivity contribution is 7.99. The van der Waals surface area contributed by atoms with Gasteiger partial charge in [0.05, 0.1) is 6.26 Å². The van der Waals surface area contributed by atoms with Gasteiger partial charge in [-0.2, -0.15) is 11.8 Å². The molecule has 1 aromatic heterocycles. The number of hydrogen-bond acceptors (Lipinski definition) is 5. The zero-order chi connectivity index (χ0) is 19.4. The summed E-state index contributed by atoms with van der Waals surface area (Å²) in [6.45, 7) is 5.05. The molecule has 1 aliphatic rings. The Morgan fingerprint density at radius 3 is 2.71 bits per heavy atom. The summed E-state index contributed by atoms with van der Waals surface area (Å²) in [6, 6.07) is 12.6. The Morgan fingerprint density at radius 1 is 1.18 bits per heavy atom. The second-order valence-electron chi connectivity index (χ2n) is 6.60. The average molecular weight is 403 g/mol. The van der Waals surface area contributed by atoms with Crippen molar-refractivity contribution < 1.29 is 9.15 Å². The molecule has 6 nitrogen and oxygen atoms in total. The molecule has 0 aliphatic carbocycles. The Labute approximate surface area is 171 Å². The molecule has 1 fully saturated rings. The fraction of sp³-hybridized carbons (Fsp3) is 0.476. The van der Waals surface area contributed by atoms with E-state index in [4.69, 9.17) is 9.15 Å². The minimum absolute atomic E-state index is 0.520. The standard InChI is InChI=1S/C21H30N4O2S/c1-22-21(23-9-3-12-26-17-20-4-2-13-27-20)24-16-18-5-7-19(8-6-18)25-10-14-28-15-11-25/h2,4-8,13H,3,9-12,14-17H2,1H3,(H2,22,23,24). The Balaban J connectivity index is 1.31. The second kappa shape index (κ2) is 11.7. The third-order valence-electron chi connectivity index (χ3n) is 4.58. The summed E-state index contributed by atoms with van der Waals surface area (Å²) in [7, 11) is 1.79. The highest BCUT2D eigenvalue weighted by atomic mass is 32.2. The molecule has 0 atom stereocenters. The highest BCUT2D eigenvalue weighted by Gasteiger charge is 2.10. The van der Waals surface area contributed by atoms with E-state index >= 15 is 0 Å². The van der Waals surface area contributed by atoms with E-state index in [-0.39, 0.29) is 0 Å². The minimum atomic E-state index is 0.520. The van der Waals surface area contributed by atoms with E-state index in [1.807, 2.05) is 23.9 Å². The van der Waals surface area contributed by atoms with Crippen molar-refractivity contribution in [3.8, 4) is 0 Å². The van der Waals surface area contributed by atoms with Gasteiger partial charge in [-0.05, 0) is 36.2 Å². The molecular weight excluding hydrogens is 372 g/mol. The van der Waals surface area contributed by atoms with E-state index in [9.17, 15) is 0 Å². The van der Waals surface area contributed by atoms with Crippen LogP contribution in [0, 0.1) is 0 Å². The first-order valence-electron chi connectivity index (χ1n) is 9.81. The van der Waals surface area contributed by atoms with Crippen molar-refractivity contribution in [2.75, 3.05) is 49.7 Å². The molecule has 3 rings (SSSR count). The minimum Gasteiger partial charge on any atom is -0.467 e. The highest BCUT2D eigenvalue weighted by Crippen LogP contribution is 2.19. The van der Waals surface area contributed by atoms with E-state index in [0.717, 1.165) is 44.3 Å². The van der Waals surface area contributed by atoms with Gasteiger partial charge in [0.25, 0.3) is 0 Å². The van der Waals surface area contributed by atoms with Crippen LogP contribution in [0.2, 0.25) is 0 Å². The fourth-order valence-corrected chi connectivity index (χ4v) is 3.90. The summed E-state index contributed by atoms with van der Waals surface area (Å²) in [5.74, 6) is 4.11. The topological polar surface area (TPSA) is 62.0 Å². The number of thioether (sulfide) groups is 1. The molecule has 1 aliphatic heterocycles. The summed E-state index contributed by atoms with van der Waals surface area (Å²) >= 11 is 2.04. The average Bonchev–Trinajstić information content (AvgIpc) is 3.27. The van der Waals surface area contributed by atoms with Gasteiger partial charge in [0.15, 0.2) is 5.96 Å². The number of nitrogens with zero attached hydrogens (tertiary/aromatic N) is 2. The van der Waals surface area contributed by atoms with Crippen molar-refractivity contribution in [1.29, 1.82) is 0 Å². The molecular formula is C21H30N4O2S. The Kier molecular flexibility index (Phi) is 8.58. The number of ether oxygens (including phenoxy) is 1. The van der Waals surface area contributed by atoms with Crippen molar-refractivity contribution in [1.82, 2.24) is 10.6 Å². The zero-order valence-corrected chi connectivity index (χ0v) is 17.3. The second-order valence-corrected chi connectivity index (χ2v) is 7.83. The number of rotatable bonds is 9. The van der Waals surface area contributed by atoms with Gasteiger partial charge in [0.2, 0.25) is 0 Å². The number of nitrogens with one attached hydrogen (secondary N) is 2. The first kappa shape index (κ1) is 20.6. The number of furan rings is 1. The van der Waals surface area contributed by atoms with Gasteiger partial charge in [-0.15, -0.1) is 0 Å². The SMILES string of the molecule is CN=C(NCCCOCc1ccco1)NCc1ccc(N2CCSCC2)cc1. The van der Waals surface area contributed by atoms with E-state index < -0.39 is 0 Å². The molecule has 28 heavy (non-hydrogen) atoms. The van der Waals surface area contributed by atoms with Gasteiger partial charge >= 0.3 is 0 Å². The van der Waals surface area contributed by atoms with Gasteiger partial charge in [-0.1, -0.05) is 12.1 Å². The van der Waals surface area contributed by atoms with E-state index in [2.05, 4.69) is 44.8 Å². The van der Waals surface area contributed by atoms with Crippen molar-refractivity contribution in [2.24, 2.45) is 4.99 Å². The Bertz CT molecular complexity index is 698. The third kappa shape index (κ3) is 6.80. The first-order chi connectivity index (χ1) is 13.8. The maximum Gasteiger partial charge on any atom is 0.191 e. The fourth-order valence-electron chi connectivity index (χ4n) is 3.00. The summed E-state index contributed by atoms with van der Waals surface area (Å²) < 4.78 is 10.8. The van der Waals surface area contributed by atoms with Crippen LogP contribution in [-0.2, 0) is 17.9 Å². The number of hydrogen-bond donors (Lipinski definition) is 2. The molecule has 0 radical (unpaired) electrons. The predicted octanol–water partition coefficient (Wildman–Crippen LogP) is 3.10. The number of guanidine groups is 1. The molecule has 0 bridgehead atoms. The molecule has 1 aromatic carbocycles. The molecule has 0 spiro atoms. The van der Waals surface area contributed by atoms with E-state index in [1.165, 1.54) is 22.8 Å². The van der Waals surface area contributed by atoms with Crippen LogP contribution in [0.25, 0.3) is 0 Å². The first-order valence-corrected chi connectivity index (χ1v) is 11.0. The van der Waals surface area contributed by atoms with E-state index in [1.54, 1.807) is 13.3 Å². The Morgan fingerprint density at radius 2 is 2.00 bits per heavy atom. The normalized spacial score (nSPS) is 14.9. The third-order valence-corrected chi connectivity index (χ3v) is 5.52. The molecule has 1 saturated heterocycles. The van der Waals surface area contributed by atoms with Crippen LogP contribution >= 0.6 is 11.8 Å². The lowest BCUT2D eigenvalue weighted by molar-refractivity contribution is 0.105. The van der Waals surface area contributed by atoms with Crippen LogP contribution in [0.5, 0.6) is 0 Å². The molecule has 0 saturated carbocycles.